The number of hydrogen-bond donors (Lipinski definition) is 2. The molecule has 0 aliphatic heterocycles. The average molecular weight is 538 g/mol. The van der Waals surface area contributed by atoms with Gasteiger partial charge in [0.25, 0.3) is 15.6 Å². The minimum atomic E-state index is -3.96. The van der Waals surface area contributed by atoms with Gasteiger partial charge in [0.2, 0.25) is 11.8 Å². The number of pyridine rings is 1. The molecule has 0 bridgehead atoms. The first-order valence-electron chi connectivity index (χ1n) is 11.6. The van der Waals surface area contributed by atoms with Crippen molar-refractivity contribution in [1.82, 2.24) is 19.9 Å². The Balaban J connectivity index is 1.71. The molecule has 0 aliphatic carbocycles. The monoisotopic (exact) mass is 537 g/mol. The predicted octanol–water partition coefficient (Wildman–Crippen LogP) is 2.66. The topological polar surface area (TPSA) is 142 Å². The van der Waals surface area contributed by atoms with Crippen LogP contribution in [0.5, 0.6) is 11.6 Å². The van der Waals surface area contributed by atoms with Gasteiger partial charge in [-0.1, -0.05) is 13.0 Å². The molecule has 1 amide bonds. The smallest absolute Gasteiger partial charge is 0.262 e. The zero-order chi connectivity index (χ0) is 27.4. The number of rotatable bonds is 9. The highest BCUT2D eigenvalue weighted by molar-refractivity contribution is 7.92. The van der Waals surface area contributed by atoms with Crippen molar-refractivity contribution < 1.29 is 22.7 Å². The Kier molecular flexibility index (Phi) is 7.62. The van der Waals surface area contributed by atoms with Crippen molar-refractivity contribution in [3.8, 4) is 22.8 Å². The lowest BCUT2D eigenvalue weighted by atomic mass is 10.0. The fourth-order valence-corrected chi connectivity index (χ4v) is 4.95. The van der Waals surface area contributed by atoms with Crippen LogP contribution in [0, 0.1) is 5.92 Å². The lowest BCUT2D eigenvalue weighted by molar-refractivity contribution is -0.124. The maximum atomic E-state index is 13.2. The van der Waals surface area contributed by atoms with Crippen molar-refractivity contribution >= 4 is 32.5 Å². The summed E-state index contributed by atoms with van der Waals surface area (Å²) >= 11 is 0. The fourth-order valence-electron chi connectivity index (χ4n) is 3.90. The second kappa shape index (κ2) is 10.9. The third-order valence-corrected chi connectivity index (χ3v) is 7.36. The van der Waals surface area contributed by atoms with Crippen LogP contribution in [-0.2, 0) is 21.4 Å². The van der Waals surface area contributed by atoms with Crippen LogP contribution in [-0.4, -0.2) is 50.1 Å². The highest BCUT2D eigenvalue weighted by Crippen LogP contribution is 2.31. The number of hydrogen-bond acceptors (Lipinski definition) is 8. The first-order chi connectivity index (χ1) is 18.2. The Bertz CT molecular complexity index is 1650. The highest BCUT2D eigenvalue weighted by Gasteiger charge is 2.19. The Morgan fingerprint density at radius 3 is 2.42 bits per heavy atom. The van der Waals surface area contributed by atoms with Gasteiger partial charge in [-0.3, -0.25) is 18.9 Å². The molecule has 4 rings (SSSR count). The summed E-state index contributed by atoms with van der Waals surface area (Å²) < 4.78 is 40.3. The molecule has 4 aromatic rings. The summed E-state index contributed by atoms with van der Waals surface area (Å²) in [6, 6.07) is 12.7. The van der Waals surface area contributed by atoms with Gasteiger partial charge in [0.1, 0.15) is 11.4 Å². The Hall–Kier alpha value is -4.45. The average Bonchev–Trinajstić information content (AvgIpc) is 2.93. The molecule has 0 saturated carbocycles. The SMILES string of the molecule is CNC(=O)[C@@H](C)Cn1cnc2ccc(-c3cnc(OC)c(NS(=O)(=O)c4ccc(OC)cc4)c3)cc2c1=O. The van der Waals surface area contributed by atoms with Crippen LogP contribution in [0.1, 0.15) is 6.92 Å². The van der Waals surface area contributed by atoms with Crippen LogP contribution in [0.3, 0.4) is 0 Å². The number of amides is 1. The van der Waals surface area contributed by atoms with Crippen molar-refractivity contribution in [2.45, 2.75) is 18.4 Å². The standard InChI is InChI=1S/C26H27N5O6S/c1-16(24(32)27-2)14-31-15-29-22-10-5-17(11-21(22)26(31)33)18-12-23(25(37-4)28-13-18)30-38(34,35)20-8-6-19(36-3)7-9-20/h5-13,15-16,30H,14H2,1-4H3,(H,27,32)/t16-/m0/s1. The van der Waals surface area contributed by atoms with Crippen molar-refractivity contribution in [2.75, 3.05) is 26.0 Å². The van der Waals surface area contributed by atoms with Gasteiger partial charge in [-0.2, -0.15) is 0 Å². The number of carbonyl (C=O) groups is 1. The number of aromatic nitrogens is 3. The number of anilines is 1. The number of methoxy groups -OCH3 is 2. The van der Waals surface area contributed by atoms with E-state index in [-0.39, 0.29) is 34.5 Å². The molecule has 12 heteroatoms. The Morgan fingerprint density at radius 1 is 1.03 bits per heavy atom. The van der Waals surface area contributed by atoms with E-state index in [4.69, 9.17) is 9.47 Å². The normalized spacial score (nSPS) is 12.1. The summed E-state index contributed by atoms with van der Waals surface area (Å²) in [5.74, 6) is 0.00357. The molecule has 0 spiro atoms. The van der Waals surface area contributed by atoms with Crippen molar-refractivity contribution in [2.24, 2.45) is 5.92 Å². The molecule has 198 valence electrons. The van der Waals surface area contributed by atoms with Crippen LogP contribution >= 0.6 is 0 Å². The number of benzene rings is 2. The van der Waals surface area contributed by atoms with Gasteiger partial charge in [0.15, 0.2) is 0 Å². The first-order valence-corrected chi connectivity index (χ1v) is 13.1. The second-order valence-electron chi connectivity index (χ2n) is 8.51. The molecule has 2 N–H and O–H groups in total. The molecule has 0 fully saturated rings. The van der Waals surface area contributed by atoms with E-state index in [1.807, 2.05) is 0 Å². The maximum Gasteiger partial charge on any atom is 0.262 e. The number of sulfonamides is 1. The van der Waals surface area contributed by atoms with Crippen LogP contribution in [0.4, 0.5) is 5.69 Å². The highest BCUT2D eigenvalue weighted by atomic mass is 32.2. The Labute approximate surface area is 219 Å². The van der Waals surface area contributed by atoms with Gasteiger partial charge in [0, 0.05) is 25.4 Å². The molecule has 11 nitrogen and oxygen atoms in total. The number of ether oxygens (including phenoxy) is 2. The van der Waals surface area contributed by atoms with Gasteiger partial charge in [-0.05, 0) is 48.0 Å². The largest absolute Gasteiger partial charge is 0.497 e. The molecule has 0 unspecified atom stereocenters. The van der Waals surface area contributed by atoms with E-state index in [9.17, 15) is 18.0 Å². The van der Waals surface area contributed by atoms with Gasteiger partial charge in [-0.15, -0.1) is 0 Å². The zero-order valence-corrected chi connectivity index (χ0v) is 22.1. The van der Waals surface area contributed by atoms with Crippen LogP contribution in [0.2, 0.25) is 0 Å². The van der Waals surface area contributed by atoms with Crippen molar-refractivity contribution in [3.05, 3.63) is 71.4 Å². The third kappa shape index (κ3) is 5.44. The van der Waals surface area contributed by atoms with Crippen LogP contribution in [0.15, 0.2) is 70.7 Å². The maximum absolute atomic E-state index is 13.2. The Morgan fingerprint density at radius 2 is 1.76 bits per heavy atom. The van der Waals surface area contributed by atoms with E-state index in [0.717, 1.165) is 0 Å². The fraction of sp³-hybridized carbons (Fsp3) is 0.231. The van der Waals surface area contributed by atoms with E-state index < -0.39 is 15.9 Å². The van der Waals surface area contributed by atoms with Gasteiger partial charge < -0.3 is 14.8 Å². The number of carbonyl (C=O) groups excluding carboxylic acids is 1. The molecular weight excluding hydrogens is 510 g/mol. The summed E-state index contributed by atoms with van der Waals surface area (Å²) in [7, 11) is 0.463. The summed E-state index contributed by atoms with van der Waals surface area (Å²) in [4.78, 5) is 33.7. The lowest BCUT2D eigenvalue weighted by Gasteiger charge is -2.14. The lowest BCUT2D eigenvalue weighted by Crippen LogP contribution is -2.32. The summed E-state index contributed by atoms with van der Waals surface area (Å²) in [5, 5.41) is 2.92. The van der Waals surface area contributed by atoms with Gasteiger partial charge >= 0.3 is 0 Å². The predicted molar refractivity (Wildman–Crippen MR) is 143 cm³/mol. The van der Waals surface area contributed by atoms with E-state index in [2.05, 4.69) is 20.0 Å². The van der Waals surface area contributed by atoms with E-state index in [1.165, 1.54) is 43.4 Å². The second-order valence-corrected chi connectivity index (χ2v) is 10.2. The molecule has 0 saturated heterocycles. The molecule has 1 atom stereocenters. The number of nitrogens with one attached hydrogen (secondary N) is 2. The van der Waals surface area contributed by atoms with Gasteiger partial charge in [0.05, 0.1) is 42.3 Å². The van der Waals surface area contributed by atoms with Crippen LogP contribution < -0.4 is 25.1 Å². The third-order valence-electron chi connectivity index (χ3n) is 5.98. The molecule has 2 aromatic carbocycles. The van der Waals surface area contributed by atoms with E-state index >= 15 is 0 Å². The summed E-state index contributed by atoms with van der Waals surface area (Å²) in [5.41, 5.74) is 1.49. The summed E-state index contributed by atoms with van der Waals surface area (Å²) in [6.45, 7) is 1.90. The minimum absolute atomic E-state index is 0.0362. The van der Waals surface area contributed by atoms with Crippen molar-refractivity contribution in [3.63, 3.8) is 0 Å². The summed E-state index contributed by atoms with van der Waals surface area (Å²) in [6.07, 6.45) is 2.94. The van der Waals surface area contributed by atoms with Gasteiger partial charge in [-0.25, -0.2) is 18.4 Å². The number of fused-ring (bicyclic) bond motifs is 1. The zero-order valence-electron chi connectivity index (χ0n) is 21.3. The molecule has 2 aromatic heterocycles. The molecule has 38 heavy (non-hydrogen) atoms. The first kappa shape index (κ1) is 26.6. The molecule has 0 radical (unpaired) electrons. The molecule has 0 aliphatic rings. The quantitative estimate of drug-likeness (QED) is 0.332. The van der Waals surface area contributed by atoms with E-state index in [1.54, 1.807) is 50.4 Å². The minimum Gasteiger partial charge on any atom is -0.497 e. The molecule has 2 heterocycles. The number of nitrogens with zero attached hydrogens (tertiary/aromatic N) is 3. The van der Waals surface area contributed by atoms with Crippen LogP contribution in [0.25, 0.3) is 22.0 Å². The van der Waals surface area contributed by atoms with Crippen molar-refractivity contribution in [1.29, 1.82) is 0 Å². The molecular formula is C26H27N5O6S. The van der Waals surface area contributed by atoms with E-state index in [0.29, 0.717) is 27.8 Å².